The third-order valence-electron chi connectivity index (χ3n) is 7.81. The quantitative estimate of drug-likeness (QED) is 0.627. The molecule has 146 valence electrons. The Balaban J connectivity index is 1.73. The second-order valence-corrected chi connectivity index (χ2v) is 9.46. The van der Waals surface area contributed by atoms with E-state index in [1.165, 1.54) is 0 Å². The van der Waals surface area contributed by atoms with Crippen LogP contribution in [0.5, 0.6) is 0 Å². The van der Waals surface area contributed by atoms with Gasteiger partial charge in [-0.05, 0) is 66.6 Å². The lowest BCUT2D eigenvalue weighted by Gasteiger charge is -2.55. The van der Waals surface area contributed by atoms with E-state index in [9.17, 15) is 24.9 Å². The van der Waals surface area contributed by atoms with Gasteiger partial charge in [0.15, 0.2) is 5.78 Å². The highest BCUT2D eigenvalue weighted by Gasteiger charge is 2.61. The number of ketones is 2. The number of hydrogen-bond donors (Lipinski definition) is 3. The zero-order valence-corrected chi connectivity index (χ0v) is 16.2. The van der Waals surface area contributed by atoms with E-state index in [0.717, 1.165) is 24.8 Å². The van der Waals surface area contributed by atoms with Gasteiger partial charge in [-0.2, -0.15) is 0 Å². The molecule has 5 nitrogen and oxygen atoms in total. The van der Waals surface area contributed by atoms with Crippen LogP contribution in [0, 0.1) is 34.5 Å². The molecule has 6 atom stereocenters. The summed E-state index contributed by atoms with van der Waals surface area (Å²) in [5, 5.41) is 28.9. The van der Waals surface area contributed by atoms with E-state index in [-0.39, 0.29) is 29.0 Å². The van der Waals surface area contributed by atoms with Crippen LogP contribution < -0.4 is 0 Å². The molecule has 2 fully saturated rings. The van der Waals surface area contributed by atoms with Gasteiger partial charge in [0, 0.05) is 16.4 Å². The number of carbonyl (C=O) groups excluding carboxylic acids is 2. The number of Topliss-reactive ketones (excluding diaryl/α,β-unsaturated/α-hetero) is 1. The molecule has 6 heteroatoms. The highest BCUT2D eigenvalue weighted by atomic mass is 35.5. The van der Waals surface area contributed by atoms with Crippen molar-refractivity contribution in [3.63, 3.8) is 0 Å². The Morgan fingerprint density at radius 1 is 1.19 bits per heavy atom. The van der Waals surface area contributed by atoms with Crippen LogP contribution in [0.15, 0.2) is 34.9 Å². The molecule has 0 bridgehead atoms. The van der Waals surface area contributed by atoms with Gasteiger partial charge in [-0.1, -0.05) is 37.6 Å². The topological polar surface area (TPSA) is 94.8 Å². The van der Waals surface area contributed by atoms with Gasteiger partial charge in [0.05, 0.1) is 0 Å². The van der Waals surface area contributed by atoms with Crippen molar-refractivity contribution in [2.75, 3.05) is 0 Å². The largest absolute Gasteiger partial charge is 0.339 e. The monoisotopic (exact) mass is 392 g/mol. The summed E-state index contributed by atoms with van der Waals surface area (Å²) in [6.07, 6.45) is 10.1. The van der Waals surface area contributed by atoms with Crippen molar-refractivity contribution >= 4 is 23.2 Å². The van der Waals surface area contributed by atoms with E-state index in [1.807, 2.05) is 19.1 Å². The molecule has 0 saturated heterocycles. The zero-order valence-electron chi connectivity index (χ0n) is 15.5. The lowest BCUT2D eigenvalue weighted by atomic mass is 9.49. The van der Waals surface area contributed by atoms with Crippen molar-refractivity contribution in [1.82, 2.24) is 0 Å². The Hall–Kier alpha value is -1.27. The van der Waals surface area contributed by atoms with E-state index in [2.05, 4.69) is 6.92 Å². The summed E-state index contributed by atoms with van der Waals surface area (Å²) in [5.74, 6) is -4.27. The Labute approximate surface area is 163 Å². The number of halogens is 1. The molecule has 3 N–H and O–H groups in total. The van der Waals surface area contributed by atoms with Crippen LogP contribution >= 0.6 is 11.6 Å². The molecule has 0 aromatic carbocycles. The first-order chi connectivity index (χ1) is 12.5. The third kappa shape index (κ3) is 2.63. The van der Waals surface area contributed by atoms with Crippen molar-refractivity contribution in [2.45, 2.75) is 45.5 Å². The molecule has 0 aromatic heterocycles. The van der Waals surface area contributed by atoms with Crippen LogP contribution in [0.4, 0.5) is 0 Å². The Morgan fingerprint density at radius 3 is 2.56 bits per heavy atom. The summed E-state index contributed by atoms with van der Waals surface area (Å²) < 4.78 is 0. The highest BCUT2D eigenvalue weighted by Crippen LogP contribution is 2.65. The minimum atomic E-state index is -3.28. The second kappa shape index (κ2) is 5.86. The summed E-state index contributed by atoms with van der Waals surface area (Å²) in [4.78, 5) is 24.3. The van der Waals surface area contributed by atoms with E-state index < -0.39 is 23.1 Å². The first-order valence-electron chi connectivity index (χ1n) is 9.53. The Morgan fingerprint density at radius 2 is 1.89 bits per heavy atom. The van der Waals surface area contributed by atoms with Crippen molar-refractivity contribution in [3.8, 4) is 0 Å². The maximum absolute atomic E-state index is 12.4. The minimum absolute atomic E-state index is 0.0511. The van der Waals surface area contributed by atoms with Crippen LogP contribution in [0.2, 0.25) is 0 Å². The zero-order chi connectivity index (χ0) is 19.8. The van der Waals surface area contributed by atoms with Gasteiger partial charge in [-0.3, -0.25) is 9.59 Å². The van der Waals surface area contributed by atoms with Crippen LogP contribution in [0.25, 0.3) is 0 Å². The van der Waals surface area contributed by atoms with Crippen LogP contribution in [0.3, 0.4) is 0 Å². The van der Waals surface area contributed by atoms with Crippen LogP contribution in [-0.4, -0.2) is 32.9 Å². The molecule has 0 heterocycles. The molecule has 0 unspecified atom stereocenters. The fraction of sp³-hybridized carbons (Fsp3) is 0.619. The molecule has 0 amide bonds. The maximum atomic E-state index is 12.4. The summed E-state index contributed by atoms with van der Waals surface area (Å²) in [6.45, 7) is 4.14. The van der Waals surface area contributed by atoms with Crippen LogP contribution in [0.1, 0.15) is 39.5 Å². The Kier molecular flexibility index (Phi) is 4.14. The molecule has 4 rings (SSSR count). The van der Waals surface area contributed by atoms with Crippen molar-refractivity contribution < 1.29 is 24.9 Å². The lowest BCUT2D eigenvalue weighted by Crippen LogP contribution is -2.52. The van der Waals surface area contributed by atoms with Gasteiger partial charge in [0.2, 0.25) is 5.78 Å². The second-order valence-electron chi connectivity index (χ2n) is 9.06. The Bertz CT molecular complexity index is 804. The van der Waals surface area contributed by atoms with E-state index in [1.54, 1.807) is 12.2 Å². The minimum Gasteiger partial charge on any atom is -0.337 e. The van der Waals surface area contributed by atoms with Gasteiger partial charge >= 0.3 is 5.97 Å². The molecular weight excluding hydrogens is 368 g/mol. The molecule has 4 aliphatic carbocycles. The van der Waals surface area contributed by atoms with Gasteiger partial charge in [0.1, 0.15) is 0 Å². The number of allylic oxidation sites excluding steroid dienone is 6. The average molecular weight is 393 g/mol. The highest BCUT2D eigenvalue weighted by molar-refractivity contribution is 6.32. The molecule has 0 aromatic rings. The van der Waals surface area contributed by atoms with Gasteiger partial charge in [-0.15, -0.1) is 0 Å². The molecule has 2 saturated carbocycles. The van der Waals surface area contributed by atoms with Gasteiger partial charge in [0.25, 0.3) is 0 Å². The fourth-order valence-corrected chi connectivity index (χ4v) is 6.79. The molecule has 0 spiro atoms. The number of carbonyl (C=O) groups is 2. The number of fused-ring (bicyclic) bond motifs is 5. The summed E-state index contributed by atoms with van der Waals surface area (Å²) in [6, 6.07) is 0. The normalized spacial score (nSPS) is 43.4. The van der Waals surface area contributed by atoms with Crippen molar-refractivity contribution in [1.29, 1.82) is 0 Å². The maximum Gasteiger partial charge on any atom is 0.339 e. The molecule has 4 aliphatic rings. The number of aliphatic hydroxyl groups is 3. The van der Waals surface area contributed by atoms with Gasteiger partial charge < -0.3 is 15.3 Å². The van der Waals surface area contributed by atoms with E-state index >= 15 is 0 Å². The smallest absolute Gasteiger partial charge is 0.337 e. The standard InChI is InChI=1S/C21H25ClO5/c1-19-8-6-14-12(13(19)3-4-15(19)18(24)21(25,26)27)10-17(22)16-9-11(23)5-7-20(14,16)2/h5,7,9-10,12-15,25-27H,3-4,6,8H2,1-2H3/t12-,13-,14-,15+,19-,20+/m0/s1. The summed E-state index contributed by atoms with van der Waals surface area (Å²) in [7, 11) is 0. The third-order valence-corrected chi connectivity index (χ3v) is 8.14. The predicted octanol–water partition coefficient (Wildman–Crippen LogP) is 2.45. The van der Waals surface area contributed by atoms with E-state index in [4.69, 9.17) is 11.6 Å². The molecular formula is C21H25ClO5. The predicted molar refractivity (Wildman–Crippen MR) is 99.2 cm³/mol. The first-order valence-corrected chi connectivity index (χ1v) is 9.91. The SMILES string of the molecule is C[C@]12CC[C@H]3[C@@H](C=C(Cl)C4=CC(=O)C=C[C@@]43C)[C@@H]1CC[C@@H]2C(=O)C(O)(O)O. The van der Waals surface area contributed by atoms with Crippen molar-refractivity contribution in [2.24, 2.45) is 34.5 Å². The number of rotatable bonds is 2. The molecule has 0 aliphatic heterocycles. The molecule has 27 heavy (non-hydrogen) atoms. The first kappa shape index (κ1) is 19.1. The lowest BCUT2D eigenvalue weighted by molar-refractivity contribution is -0.291. The van der Waals surface area contributed by atoms with Crippen LogP contribution in [-0.2, 0) is 9.59 Å². The summed E-state index contributed by atoms with van der Waals surface area (Å²) in [5.41, 5.74) is 0.131. The van der Waals surface area contributed by atoms with E-state index in [0.29, 0.717) is 11.5 Å². The molecule has 0 radical (unpaired) electrons. The summed E-state index contributed by atoms with van der Waals surface area (Å²) >= 11 is 6.59. The fourth-order valence-electron chi connectivity index (χ4n) is 6.39. The van der Waals surface area contributed by atoms with Gasteiger partial charge in [-0.25, -0.2) is 0 Å². The number of hydrogen-bond acceptors (Lipinski definition) is 5. The van der Waals surface area contributed by atoms with Crippen molar-refractivity contribution in [3.05, 3.63) is 34.9 Å². The average Bonchev–Trinajstić information content (AvgIpc) is 2.92.